The second-order valence-electron chi connectivity index (χ2n) is 5.53. The van der Waals surface area contributed by atoms with Crippen LogP contribution >= 0.6 is 12.2 Å². The minimum absolute atomic E-state index is 0.0412. The zero-order chi connectivity index (χ0) is 21.6. The van der Waals surface area contributed by atoms with Crippen molar-refractivity contribution in [2.75, 3.05) is 31.5 Å². The summed E-state index contributed by atoms with van der Waals surface area (Å²) in [6, 6.07) is 8.07. The molecule has 0 radical (unpaired) electrons. The van der Waals surface area contributed by atoms with E-state index in [0.29, 0.717) is 17.2 Å². The molecule has 12 heteroatoms. The van der Waals surface area contributed by atoms with Gasteiger partial charge in [0.05, 0.1) is 30.9 Å². The van der Waals surface area contributed by atoms with Crippen LogP contribution in [0.2, 0.25) is 0 Å². The molecule has 0 aliphatic heterocycles. The number of nitro benzene ring substituents is 1. The number of nitro groups is 1. The van der Waals surface area contributed by atoms with Gasteiger partial charge in [-0.2, -0.15) is 13.2 Å². The lowest BCUT2D eigenvalue weighted by Crippen LogP contribution is -2.20. The fraction of sp³-hybridized carbons (Fsp3) is 0.235. The molecule has 0 aliphatic carbocycles. The lowest BCUT2D eigenvalue weighted by Gasteiger charge is -2.14. The molecule has 0 heterocycles. The van der Waals surface area contributed by atoms with Crippen LogP contribution in [0.25, 0.3) is 0 Å². The SMILES string of the molecule is COc1ccc(NC(=S)Nc2cc(OCC(F)(F)F)cc([N+](=O)[O-])c2)cc1OC. The largest absolute Gasteiger partial charge is 0.493 e. The molecular formula is C17H16F3N3O5S. The van der Waals surface area contributed by atoms with E-state index in [1.807, 2.05) is 0 Å². The number of anilines is 2. The van der Waals surface area contributed by atoms with Crippen LogP contribution in [-0.4, -0.2) is 37.0 Å². The van der Waals surface area contributed by atoms with Crippen molar-refractivity contribution in [1.82, 2.24) is 0 Å². The Morgan fingerprint density at radius 1 is 1.07 bits per heavy atom. The lowest BCUT2D eigenvalue weighted by atomic mass is 10.2. The number of thiocarbonyl (C=S) groups is 1. The van der Waals surface area contributed by atoms with Crippen molar-refractivity contribution in [3.63, 3.8) is 0 Å². The fourth-order valence-electron chi connectivity index (χ4n) is 2.22. The average molecular weight is 431 g/mol. The number of non-ortho nitro benzene ring substituents is 1. The smallest absolute Gasteiger partial charge is 0.422 e. The number of benzene rings is 2. The molecule has 2 N–H and O–H groups in total. The maximum Gasteiger partial charge on any atom is 0.422 e. The molecule has 0 saturated heterocycles. The molecule has 0 aromatic heterocycles. The minimum Gasteiger partial charge on any atom is -0.493 e. The summed E-state index contributed by atoms with van der Waals surface area (Å²) >= 11 is 5.15. The first kappa shape index (κ1) is 22.0. The number of halogens is 3. The molecule has 2 aromatic carbocycles. The predicted molar refractivity (Wildman–Crippen MR) is 104 cm³/mol. The molecule has 2 rings (SSSR count). The highest BCUT2D eigenvalue weighted by atomic mass is 32.1. The third kappa shape index (κ3) is 6.68. The molecule has 0 aliphatic rings. The summed E-state index contributed by atoms with van der Waals surface area (Å²) in [7, 11) is 2.95. The highest BCUT2D eigenvalue weighted by Gasteiger charge is 2.28. The molecule has 0 fully saturated rings. The molecular weight excluding hydrogens is 415 g/mol. The van der Waals surface area contributed by atoms with Crippen LogP contribution in [0.3, 0.4) is 0 Å². The van der Waals surface area contributed by atoms with Crippen molar-refractivity contribution in [3.05, 3.63) is 46.5 Å². The zero-order valence-corrected chi connectivity index (χ0v) is 16.0. The Morgan fingerprint density at radius 2 is 1.72 bits per heavy atom. The second kappa shape index (κ2) is 9.28. The maximum absolute atomic E-state index is 12.3. The number of hydrogen-bond donors (Lipinski definition) is 2. The number of alkyl halides is 3. The normalized spacial score (nSPS) is 10.8. The van der Waals surface area contributed by atoms with Gasteiger partial charge in [0.2, 0.25) is 0 Å². The first-order valence-electron chi connectivity index (χ1n) is 7.90. The van der Waals surface area contributed by atoms with Crippen molar-refractivity contribution in [2.45, 2.75) is 6.18 Å². The van der Waals surface area contributed by atoms with Gasteiger partial charge in [-0.3, -0.25) is 10.1 Å². The fourth-order valence-corrected chi connectivity index (χ4v) is 2.45. The van der Waals surface area contributed by atoms with Gasteiger partial charge in [-0.25, -0.2) is 0 Å². The predicted octanol–water partition coefficient (Wildman–Crippen LogP) is 4.36. The van der Waals surface area contributed by atoms with Crippen molar-refractivity contribution in [3.8, 4) is 17.2 Å². The number of rotatable bonds is 7. The van der Waals surface area contributed by atoms with Gasteiger partial charge in [-0.1, -0.05) is 0 Å². The van der Waals surface area contributed by atoms with E-state index in [2.05, 4.69) is 15.4 Å². The first-order chi connectivity index (χ1) is 13.6. The average Bonchev–Trinajstić information content (AvgIpc) is 2.65. The number of ether oxygens (including phenoxy) is 3. The number of methoxy groups -OCH3 is 2. The quantitative estimate of drug-likeness (QED) is 0.379. The third-order valence-electron chi connectivity index (χ3n) is 3.40. The summed E-state index contributed by atoms with van der Waals surface area (Å²) < 4.78 is 51.9. The summed E-state index contributed by atoms with van der Waals surface area (Å²) in [6.45, 7) is -1.58. The van der Waals surface area contributed by atoms with Gasteiger partial charge in [0.1, 0.15) is 5.75 Å². The number of nitrogens with zero attached hydrogens (tertiary/aromatic N) is 1. The molecule has 0 spiro atoms. The van der Waals surface area contributed by atoms with Crippen molar-refractivity contribution in [2.24, 2.45) is 0 Å². The first-order valence-corrected chi connectivity index (χ1v) is 8.31. The monoisotopic (exact) mass is 431 g/mol. The zero-order valence-electron chi connectivity index (χ0n) is 15.2. The van der Waals surface area contributed by atoms with Gasteiger partial charge in [-0.15, -0.1) is 0 Å². The van der Waals surface area contributed by atoms with Gasteiger partial charge in [0, 0.05) is 23.9 Å². The van der Waals surface area contributed by atoms with Crippen LogP contribution in [0.15, 0.2) is 36.4 Å². The molecule has 0 saturated carbocycles. The Morgan fingerprint density at radius 3 is 2.31 bits per heavy atom. The van der Waals surface area contributed by atoms with E-state index >= 15 is 0 Å². The van der Waals surface area contributed by atoms with Crippen molar-refractivity contribution >= 4 is 34.4 Å². The van der Waals surface area contributed by atoms with Crippen LogP contribution in [-0.2, 0) is 0 Å². The van der Waals surface area contributed by atoms with Crippen LogP contribution < -0.4 is 24.8 Å². The van der Waals surface area contributed by atoms with Gasteiger partial charge >= 0.3 is 6.18 Å². The molecule has 156 valence electrons. The van der Waals surface area contributed by atoms with Crippen molar-refractivity contribution < 1.29 is 32.3 Å². The van der Waals surface area contributed by atoms with E-state index in [4.69, 9.17) is 21.7 Å². The van der Waals surface area contributed by atoms with E-state index < -0.39 is 23.4 Å². The summed E-state index contributed by atoms with van der Waals surface area (Å²) in [5.41, 5.74) is 0.148. The van der Waals surface area contributed by atoms with Crippen LogP contribution in [0.5, 0.6) is 17.2 Å². The number of nitrogens with one attached hydrogen (secondary N) is 2. The Kier molecular flexibility index (Phi) is 7.04. The highest BCUT2D eigenvalue weighted by Crippen LogP contribution is 2.30. The maximum atomic E-state index is 12.3. The van der Waals surface area contributed by atoms with E-state index in [0.717, 1.165) is 12.1 Å². The van der Waals surface area contributed by atoms with Crippen LogP contribution in [0.4, 0.5) is 30.2 Å². The molecule has 0 bridgehead atoms. The van der Waals surface area contributed by atoms with E-state index in [9.17, 15) is 23.3 Å². The van der Waals surface area contributed by atoms with Crippen molar-refractivity contribution in [1.29, 1.82) is 0 Å². The Labute approximate surface area is 168 Å². The minimum atomic E-state index is -4.58. The summed E-state index contributed by atoms with van der Waals surface area (Å²) in [6.07, 6.45) is -4.58. The van der Waals surface area contributed by atoms with E-state index in [1.165, 1.54) is 20.3 Å². The molecule has 0 unspecified atom stereocenters. The van der Waals surface area contributed by atoms with Gasteiger partial charge in [0.15, 0.2) is 23.2 Å². The second-order valence-corrected chi connectivity index (χ2v) is 5.93. The number of hydrogen-bond acceptors (Lipinski definition) is 6. The molecule has 0 amide bonds. The van der Waals surface area contributed by atoms with Gasteiger partial charge in [0.25, 0.3) is 5.69 Å². The summed E-state index contributed by atoms with van der Waals surface area (Å²) in [5, 5.41) is 16.6. The van der Waals surface area contributed by atoms with Crippen LogP contribution in [0, 0.1) is 10.1 Å². The topological polar surface area (TPSA) is 94.9 Å². The Balaban J connectivity index is 2.16. The molecule has 29 heavy (non-hydrogen) atoms. The Bertz CT molecular complexity index is 908. The van der Waals surface area contributed by atoms with Gasteiger partial charge < -0.3 is 24.8 Å². The summed E-state index contributed by atoms with van der Waals surface area (Å²) in [5.74, 6) is 0.619. The summed E-state index contributed by atoms with van der Waals surface area (Å²) in [4.78, 5) is 10.3. The Hall–Kier alpha value is -3.28. The van der Waals surface area contributed by atoms with E-state index in [1.54, 1.807) is 18.2 Å². The molecule has 8 nitrogen and oxygen atoms in total. The van der Waals surface area contributed by atoms with E-state index in [-0.39, 0.29) is 16.5 Å². The molecule has 2 aromatic rings. The molecule has 0 atom stereocenters. The highest BCUT2D eigenvalue weighted by molar-refractivity contribution is 7.80. The standard InChI is InChI=1S/C17H16F3N3O5S/c1-26-14-4-3-10(7-15(14)27-2)21-16(29)22-11-5-12(23(24)25)8-13(6-11)28-9-17(18,19)20/h3-8H,9H2,1-2H3,(H2,21,22,29). The lowest BCUT2D eigenvalue weighted by molar-refractivity contribution is -0.384. The van der Waals surface area contributed by atoms with Crippen LogP contribution in [0.1, 0.15) is 0 Å². The van der Waals surface area contributed by atoms with Gasteiger partial charge in [-0.05, 0) is 24.4 Å². The third-order valence-corrected chi connectivity index (χ3v) is 3.61.